The van der Waals surface area contributed by atoms with E-state index in [2.05, 4.69) is 4.90 Å². The molecular formula is C12H19NO. The van der Waals surface area contributed by atoms with Crippen LogP contribution in [0.1, 0.15) is 44.9 Å². The van der Waals surface area contributed by atoms with Crippen molar-refractivity contribution >= 4 is 5.91 Å². The van der Waals surface area contributed by atoms with E-state index in [0.29, 0.717) is 11.9 Å². The summed E-state index contributed by atoms with van der Waals surface area (Å²) >= 11 is 0. The van der Waals surface area contributed by atoms with Crippen molar-refractivity contribution in [1.29, 1.82) is 0 Å². The zero-order chi connectivity index (χ0) is 9.54. The lowest BCUT2D eigenvalue weighted by atomic mass is 9.76. The molecule has 2 heterocycles. The Morgan fingerprint density at radius 3 is 2.57 bits per heavy atom. The number of carbonyl (C=O) groups is 1. The van der Waals surface area contributed by atoms with Gasteiger partial charge in [0.1, 0.15) is 0 Å². The highest BCUT2D eigenvalue weighted by Crippen LogP contribution is 2.43. The van der Waals surface area contributed by atoms with Gasteiger partial charge in [0, 0.05) is 19.0 Å². The first-order valence-corrected chi connectivity index (χ1v) is 6.16. The predicted molar refractivity (Wildman–Crippen MR) is 54.8 cm³/mol. The molecule has 0 unspecified atom stereocenters. The molecule has 3 rings (SSSR count). The number of nitrogens with zero attached hydrogens (tertiary/aromatic N) is 1. The monoisotopic (exact) mass is 193 g/mol. The van der Waals surface area contributed by atoms with Crippen LogP contribution in [0.4, 0.5) is 0 Å². The highest BCUT2D eigenvalue weighted by atomic mass is 16.2. The van der Waals surface area contributed by atoms with Gasteiger partial charge in [0.2, 0.25) is 5.91 Å². The van der Waals surface area contributed by atoms with Crippen molar-refractivity contribution in [3.05, 3.63) is 0 Å². The summed E-state index contributed by atoms with van der Waals surface area (Å²) in [7, 11) is 0. The highest BCUT2D eigenvalue weighted by Gasteiger charge is 2.44. The van der Waals surface area contributed by atoms with Gasteiger partial charge >= 0.3 is 0 Å². The zero-order valence-electron chi connectivity index (χ0n) is 8.74. The maximum absolute atomic E-state index is 11.9. The minimum absolute atomic E-state index is 0.446. The summed E-state index contributed by atoms with van der Waals surface area (Å²) in [5.74, 6) is 2.15. The van der Waals surface area contributed by atoms with Crippen LogP contribution in [0.3, 0.4) is 0 Å². The molecular weight excluding hydrogens is 174 g/mol. The number of amides is 1. The first-order chi connectivity index (χ1) is 6.86. The van der Waals surface area contributed by atoms with Crippen LogP contribution in [0.25, 0.3) is 0 Å². The predicted octanol–water partition coefficient (Wildman–Crippen LogP) is 2.19. The standard InChI is InChI=1S/C12H19NO/c14-11-6-2-5-9-3-1-4-10-7-8-13(11)12(9)10/h9-10,12H,1-8H2/t9-,10+,12+/m0/s1. The van der Waals surface area contributed by atoms with E-state index in [9.17, 15) is 4.79 Å². The van der Waals surface area contributed by atoms with E-state index in [4.69, 9.17) is 0 Å². The molecule has 1 saturated carbocycles. The van der Waals surface area contributed by atoms with Crippen LogP contribution < -0.4 is 0 Å². The molecule has 3 aliphatic rings. The highest BCUT2D eigenvalue weighted by molar-refractivity contribution is 5.77. The van der Waals surface area contributed by atoms with Gasteiger partial charge in [0.05, 0.1) is 0 Å². The van der Waals surface area contributed by atoms with Crippen molar-refractivity contribution in [2.45, 2.75) is 51.0 Å². The number of hydrogen-bond donors (Lipinski definition) is 0. The molecule has 78 valence electrons. The molecule has 0 aromatic carbocycles. The Bertz CT molecular complexity index is 251. The van der Waals surface area contributed by atoms with Crippen LogP contribution in [0.5, 0.6) is 0 Å². The molecule has 0 N–H and O–H groups in total. The smallest absolute Gasteiger partial charge is 0.222 e. The summed E-state index contributed by atoms with van der Waals surface area (Å²) in [6.45, 7) is 1.06. The molecule has 0 aromatic heterocycles. The van der Waals surface area contributed by atoms with Gasteiger partial charge in [0.25, 0.3) is 0 Å². The van der Waals surface area contributed by atoms with E-state index in [1.165, 1.54) is 32.1 Å². The molecule has 3 atom stereocenters. The normalized spacial score (nSPS) is 42.1. The molecule has 0 radical (unpaired) electrons. The second-order valence-electron chi connectivity index (χ2n) is 5.21. The van der Waals surface area contributed by atoms with Crippen LogP contribution in [-0.2, 0) is 4.79 Å². The lowest BCUT2D eigenvalue weighted by molar-refractivity contribution is -0.132. The fourth-order valence-corrected chi connectivity index (χ4v) is 3.91. The Balaban J connectivity index is 1.89. The van der Waals surface area contributed by atoms with E-state index in [0.717, 1.165) is 31.2 Å². The molecule has 0 spiro atoms. The topological polar surface area (TPSA) is 20.3 Å². The van der Waals surface area contributed by atoms with Gasteiger partial charge in [-0.2, -0.15) is 0 Å². The van der Waals surface area contributed by atoms with Gasteiger partial charge in [-0.15, -0.1) is 0 Å². The number of carbonyl (C=O) groups excluding carboxylic acids is 1. The van der Waals surface area contributed by atoms with E-state index in [1.807, 2.05) is 0 Å². The molecule has 14 heavy (non-hydrogen) atoms. The summed E-state index contributed by atoms with van der Waals surface area (Å²) in [5.41, 5.74) is 0. The van der Waals surface area contributed by atoms with Gasteiger partial charge in [-0.05, 0) is 43.9 Å². The minimum atomic E-state index is 0.446. The summed E-state index contributed by atoms with van der Waals surface area (Å²) < 4.78 is 0. The van der Waals surface area contributed by atoms with Gasteiger partial charge < -0.3 is 4.90 Å². The van der Waals surface area contributed by atoms with Crippen molar-refractivity contribution in [3.63, 3.8) is 0 Å². The second kappa shape index (κ2) is 3.25. The third-order valence-electron chi connectivity index (χ3n) is 4.50. The van der Waals surface area contributed by atoms with Crippen molar-refractivity contribution in [2.75, 3.05) is 6.54 Å². The minimum Gasteiger partial charge on any atom is -0.339 e. The largest absolute Gasteiger partial charge is 0.339 e. The van der Waals surface area contributed by atoms with Crippen molar-refractivity contribution in [2.24, 2.45) is 11.8 Å². The molecule has 2 nitrogen and oxygen atoms in total. The Morgan fingerprint density at radius 1 is 1.00 bits per heavy atom. The summed E-state index contributed by atoms with van der Waals surface area (Å²) in [4.78, 5) is 14.1. The van der Waals surface area contributed by atoms with Crippen molar-refractivity contribution in [1.82, 2.24) is 4.90 Å². The van der Waals surface area contributed by atoms with Gasteiger partial charge in [0.15, 0.2) is 0 Å². The molecule has 2 saturated heterocycles. The van der Waals surface area contributed by atoms with Crippen LogP contribution in [0.2, 0.25) is 0 Å². The van der Waals surface area contributed by atoms with Crippen LogP contribution in [-0.4, -0.2) is 23.4 Å². The zero-order valence-corrected chi connectivity index (χ0v) is 8.74. The van der Waals surface area contributed by atoms with Crippen molar-refractivity contribution in [3.8, 4) is 0 Å². The first kappa shape index (κ1) is 8.75. The van der Waals surface area contributed by atoms with Crippen LogP contribution >= 0.6 is 0 Å². The third kappa shape index (κ3) is 1.19. The lowest BCUT2D eigenvalue weighted by Crippen LogP contribution is -2.42. The van der Waals surface area contributed by atoms with Gasteiger partial charge in [-0.3, -0.25) is 4.79 Å². The second-order valence-corrected chi connectivity index (χ2v) is 5.21. The summed E-state index contributed by atoms with van der Waals surface area (Å²) in [6, 6.07) is 0.652. The van der Waals surface area contributed by atoms with E-state index in [-0.39, 0.29) is 0 Å². The molecule has 1 amide bonds. The Hall–Kier alpha value is -0.530. The quantitative estimate of drug-likeness (QED) is 0.577. The fraction of sp³-hybridized carbons (Fsp3) is 0.917. The Morgan fingerprint density at radius 2 is 1.71 bits per heavy atom. The molecule has 0 bridgehead atoms. The maximum Gasteiger partial charge on any atom is 0.222 e. The SMILES string of the molecule is O=C1CCC[C@@H]2CCC[C@@H]3CCN1[C@H]23. The molecule has 1 aliphatic carbocycles. The molecule has 2 heteroatoms. The average molecular weight is 193 g/mol. The van der Waals surface area contributed by atoms with Gasteiger partial charge in [-0.25, -0.2) is 0 Å². The number of hydrogen-bond acceptors (Lipinski definition) is 1. The lowest BCUT2D eigenvalue weighted by Gasteiger charge is -2.36. The molecule has 3 fully saturated rings. The molecule has 2 aliphatic heterocycles. The van der Waals surface area contributed by atoms with E-state index in [1.54, 1.807) is 0 Å². The van der Waals surface area contributed by atoms with Crippen molar-refractivity contribution < 1.29 is 4.79 Å². The first-order valence-electron chi connectivity index (χ1n) is 6.16. The van der Waals surface area contributed by atoms with Crippen LogP contribution in [0.15, 0.2) is 0 Å². The Labute approximate surface area is 85.7 Å². The Kier molecular flexibility index (Phi) is 2.03. The fourth-order valence-electron chi connectivity index (χ4n) is 3.91. The maximum atomic E-state index is 11.9. The van der Waals surface area contributed by atoms with E-state index >= 15 is 0 Å². The molecule has 0 aromatic rings. The summed E-state index contributed by atoms with van der Waals surface area (Å²) in [6.07, 6.45) is 8.73. The van der Waals surface area contributed by atoms with E-state index < -0.39 is 0 Å². The third-order valence-corrected chi connectivity index (χ3v) is 4.50. The van der Waals surface area contributed by atoms with Crippen LogP contribution in [0, 0.1) is 11.8 Å². The average Bonchev–Trinajstić information content (AvgIpc) is 2.54. The summed E-state index contributed by atoms with van der Waals surface area (Å²) in [5, 5.41) is 0. The number of rotatable bonds is 0. The van der Waals surface area contributed by atoms with Gasteiger partial charge in [-0.1, -0.05) is 6.42 Å².